The van der Waals surface area contributed by atoms with Crippen LogP contribution in [0.5, 0.6) is 5.75 Å². The number of aryl methyl sites for hydroxylation is 1. The Morgan fingerprint density at radius 1 is 1.39 bits per heavy atom. The monoisotopic (exact) mass is 424 g/mol. The van der Waals surface area contributed by atoms with Crippen molar-refractivity contribution in [3.8, 4) is 17.6 Å². The molecular weight excluding hydrogens is 400 g/mol. The predicted octanol–water partition coefficient (Wildman–Crippen LogP) is 2.16. The second-order valence-corrected chi connectivity index (χ2v) is 6.76. The van der Waals surface area contributed by atoms with Crippen LogP contribution < -0.4 is 15.0 Å². The summed E-state index contributed by atoms with van der Waals surface area (Å²) in [6, 6.07) is 2.91. The number of methoxy groups -OCH3 is 1. The summed E-state index contributed by atoms with van der Waals surface area (Å²) in [5, 5.41) is 12.2. The number of aliphatic hydroxyl groups is 1. The van der Waals surface area contributed by atoms with Crippen LogP contribution in [0.1, 0.15) is 40.5 Å². The van der Waals surface area contributed by atoms with Crippen LogP contribution in [0.15, 0.2) is 18.3 Å². The minimum atomic E-state index is -0.424. The molecule has 0 radical (unpaired) electrons. The Morgan fingerprint density at radius 2 is 2.23 bits per heavy atom. The first-order valence-electron chi connectivity index (χ1n) is 9.83. The lowest BCUT2D eigenvalue weighted by molar-refractivity contribution is 0.111. The molecular formula is C22H24N4O5. The topological polar surface area (TPSA) is 114 Å². The van der Waals surface area contributed by atoms with E-state index in [1.165, 1.54) is 11.1 Å². The van der Waals surface area contributed by atoms with E-state index in [9.17, 15) is 14.7 Å². The summed E-state index contributed by atoms with van der Waals surface area (Å²) in [5.41, 5.74) is 1.98. The molecule has 1 aliphatic rings. The van der Waals surface area contributed by atoms with E-state index in [2.05, 4.69) is 27.1 Å². The summed E-state index contributed by atoms with van der Waals surface area (Å²) in [6.45, 7) is 2.61. The van der Waals surface area contributed by atoms with Crippen LogP contribution in [0, 0.1) is 11.8 Å². The molecule has 9 heteroatoms. The van der Waals surface area contributed by atoms with Crippen LogP contribution in [-0.4, -0.2) is 54.3 Å². The van der Waals surface area contributed by atoms with Gasteiger partial charge in [0.25, 0.3) is 0 Å². The number of nitrogens with zero attached hydrogens (tertiary/aromatic N) is 3. The molecule has 0 aliphatic carbocycles. The highest BCUT2D eigenvalue weighted by molar-refractivity contribution is 6.01. The second kappa shape index (κ2) is 10.5. The lowest BCUT2D eigenvalue weighted by atomic mass is 10.0. The van der Waals surface area contributed by atoms with Crippen LogP contribution in [-0.2, 0) is 17.8 Å². The van der Waals surface area contributed by atoms with Crippen molar-refractivity contribution in [3.63, 3.8) is 0 Å². The number of carbonyl (C=O) groups is 2. The molecule has 3 rings (SSSR count). The number of anilines is 2. The molecule has 0 saturated heterocycles. The zero-order chi connectivity index (χ0) is 22.2. The minimum Gasteiger partial charge on any atom is -0.490 e. The molecule has 0 bridgehead atoms. The molecule has 0 atom stereocenters. The molecule has 9 nitrogen and oxygen atoms in total. The van der Waals surface area contributed by atoms with Gasteiger partial charge in [-0.3, -0.25) is 15.0 Å². The lowest BCUT2D eigenvalue weighted by Crippen LogP contribution is -2.39. The Kier molecular flexibility index (Phi) is 7.54. The molecule has 162 valence electrons. The largest absolute Gasteiger partial charge is 0.490 e. The van der Waals surface area contributed by atoms with Gasteiger partial charge in [-0.05, 0) is 31.4 Å². The molecule has 31 heavy (non-hydrogen) atoms. The number of carbonyl (C=O) groups excluding carboxylic acids is 2. The first-order chi connectivity index (χ1) is 15.1. The van der Waals surface area contributed by atoms with E-state index < -0.39 is 6.03 Å². The van der Waals surface area contributed by atoms with Crippen molar-refractivity contribution < 1.29 is 24.2 Å². The quantitative estimate of drug-likeness (QED) is 0.398. The maximum Gasteiger partial charge on any atom is 0.328 e. The van der Waals surface area contributed by atoms with Gasteiger partial charge >= 0.3 is 6.03 Å². The van der Waals surface area contributed by atoms with Crippen molar-refractivity contribution in [2.45, 2.75) is 26.4 Å². The SMILES string of the molecule is CC#Cc1cnc(NC(=O)N2CCCc3cc(CO)c(C=O)nc32)cc1OCCOC. The Hall–Kier alpha value is -3.48. The molecule has 0 spiro atoms. The molecule has 2 N–H and O–H groups in total. The number of aromatic nitrogens is 2. The summed E-state index contributed by atoms with van der Waals surface area (Å²) in [7, 11) is 1.58. The number of ether oxygens (including phenoxy) is 2. The Balaban J connectivity index is 1.84. The first-order valence-corrected chi connectivity index (χ1v) is 9.83. The van der Waals surface area contributed by atoms with Crippen molar-refractivity contribution in [2.75, 3.05) is 37.1 Å². The maximum atomic E-state index is 13.0. The number of amides is 2. The summed E-state index contributed by atoms with van der Waals surface area (Å²) in [6.07, 6.45) is 3.56. The van der Waals surface area contributed by atoms with Gasteiger partial charge in [-0.15, -0.1) is 5.92 Å². The van der Waals surface area contributed by atoms with Gasteiger partial charge in [-0.25, -0.2) is 14.8 Å². The van der Waals surface area contributed by atoms with Crippen LogP contribution in [0.2, 0.25) is 0 Å². The van der Waals surface area contributed by atoms with E-state index in [0.29, 0.717) is 61.0 Å². The summed E-state index contributed by atoms with van der Waals surface area (Å²) in [5.74, 6) is 6.93. The van der Waals surface area contributed by atoms with Crippen LogP contribution >= 0.6 is 0 Å². The highest BCUT2D eigenvalue weighted by Gasteiger charge is 2.26. The van der Waals surface area contributed by atoms with Gasteiger partial charge in [0.2, 0.25) is 0 Å². The zero-order valence-corrected chi connectivity index (χ0v) is 17.5. The number of aliphatic hydroxyl groups excluding tert-OH is 1. The van der Waals surface area contributed by atoms with Gasteiger partial charge in [0, 0.05) is 31.5 Å². The number of rotatable bonds is 7. The van der Waals surface area contributed by atoms with Gasteiger partial charge in [0.1, 0.15) is 29.7 Å². The third-order valence-electron chi connectivity index (χ3n) is 4.71. The number of hydrogen-bond acceptors (Lipinski definition) is 7. The molecule has 0 saturated carbocycles. The summed E-state index contributed by atoms with van der Waals surface area (Å²) < 4.78 is 10.7. The Bertz CT molecular complexity index is 1030. The highest BCUT2D eigenvalue weighted by Crippen LogP contribution is 2.28. The molecule has 2 aromatic heterocycles. The number of aldehydes is 1. The van der Waals surface area contributed by atoms with E-state index in [4.69, 9.17) is 9.47 Å². The van der Waals surface area contributed by atoms with Crippen molar-refractivity contribution in [1.29, 1.82) is 0 Å². The average molecular weight is 424 g/mol. The number of pyridine rings is 2. The predicted molar refractivity (Wildman–Crippen MR) is 114 cm³/mol. The minimum absolute atomic E-state index is 0.121. The molecule has 0 fully saturated rings. The van der Waals surface area contributed by atoms with E-state index in [-0.39, 0.29) is 12.3 Å². The van der Waals surface area contributed by atoms with E-state index in [1.807, 2.05) is 0 Å². The number of urea groups is 1. The fourth-order valence-corrected chi connectivity index (χ4v) is 3.25. The van der Waals surface area contributed by atoms with E-state index >= 15 is 0 Å². The fraction of sp³-hybridized carbons (Fsp3) is 0.364. The van der Waals surface area contributed by atoms with Gasteiger partial charge in [0.15, 0.2) is 6.29 Å². The van der Waals surface area contributed by atoms with Gasteiger partial charge in [-0.1, -0.05) is 5.92 Å². The molecule has 0 unspecified atom stereocenters. The zero-order valence-electron chi connectivity index (χ0n) is 17.5. The maximum absolute atomic E-state index is 13.0. The third kappa shape index (κ3) is 5.17. The van der Waals surface area contributed by atoms with Crippen molar-refractivity contribution in [2.24, 2.45) is 0 Å². The number of fused-ring (bicyclic) bond motifs is 1. The van der Waals surface area contributed by atoms with Crippen LogP contribution in [0.4, 0.5) is 16.4 Å². The van der Waals surface area contributed by atoms with E-state index in [1.54, 1.807) is 26.2 Å². The normalized spacial score (nSPS) is 12.4. The van der Waals surface area contributed by atoms with Gasteiger partial charge < -0.3 is 14.6 Å². The summed E-state index contributed by atoms with van der Waals surface area (Å²) in [4.78, 5) is 34.3. The molecule has 2 aromatic rings. The molecule has 3 heterocycles. The van der Waals surface area contributed by atoms with Crippen molar-refractivity contribution >= 4 is 24.0 Å². The standard InChI is InChI=1S/C22H24N4O5/c1-3-5-16-12-23-20(11-19(16)31-9-8-30-2)25-22(29)26-7-4-6-15-10-17(13-27)18(14-28)24-21(15)26/h10-12,14,27H,4,6-9,13H2,1-2H3,(H,23,25,29). The summed E-state index contributed by atoms with van der Waals surface area (Å²) >= 11 is 0. The molecule has 2 amide bonds. The lowest BCUT2D eigenvalue weighted by Gasteiger charge is -2.29. The Labute approximate surface area is 180 Å². The van der Waals surface area contributed by atoms with Crippen LogP contribution in [0.25, 0.3) is 0 Å². The third-order valence-corrected chi connectivity index (χ3v) is 4.71. The molecule has 0 aromatic carbocycles. The van der Waals surface area contributed by atoms with Crippen LogP contribution in [0.3, 0.4) is 0 Å². The highest BCUT2D eigenvalue weighted by atomic mass is 16.5. The average Bonchev–Trinajstić information content (AvgIpc) is 2.79. The van der Waals surface area contributed by atoms with Crippen molar-refractivity contribution in [1.82, 2.24) is 9.97 Å². The van der Waals surface area contributed by atoms with E-state index in [0.717, 1.165) is 12.0 Å². The number of nitrogens with one attached hydrogen (secondary N) is 1. The second-order valence-electron chi connectivity index (χ2n) is 6.76. The van der Waals surface area contributed by atoms with Crippen molar-refractivity contribution in [3.05, 3.63) is 40.7 Å². The molecule has 1 aliphatic heterocycles. The first kappa shape index (κ1) is 22.2. The van der Waals surface area contributed by atoms with Gasteiger partial charge in [-0.2, -0.15) is 0 Å². The fourth-order valence-electron chi connectivity index (χ4n) is 3.25. The Morgan fingerprint density at radius 3 is 2.94 bits per heavy atom. The smallest absolute Gasteiger partial charge is 0.328 e. The van der Waals surface area contributed by atoms with Gasteiger partial charge in [0.05, 0.1) is 18.8 Å². The number of hydrogen-bond donors (Lipinski definition) is 2.